The van der Waals surface area contributed by atoms with Gasteiger partial charge in [0, 0.05) is 33.4 Å². The second kappa shape index (κ2) is 6.17. The van der Waals surface area contributed by atoms with Crippen LogP contribution in [0.3, 0.4) is 0 Å². The van der Waals surface area contributed by atoms with Gasteiger partial charge in [-0.2, -0.15) is 0 Å². The summed E-state index contributed by atoms with van der Waals surface area (Å²) < 4.78 is 1.90. The SMILES string of the molecule is CN(C)c1ccnc2c1c1c(n2C)C(=O)CN(C2CCCCC2)C=N1. The van der Waals surface area contributed by atoms with E-state index in [1.165, 1.54) is 19.3 Å². The summed E-state index contributed by atoms with van der Waals surface area (Å²) in [6.07, 6.45) is 9.78. The highest BCUT2D eigenvalue weighted by atomic mass is 16.1. The van der Waals surface area contributed by atoms with Crippen molar-refractivity contribution in [3.8, 4) is 0 Å². The molecule has 0 aromatic carbocycles. The van der Waals surface area contributed by atoms with Crippen molar-refractivity contribution in [1.82, 2.24) is 14.5 Å². The molecule has 2 aromatic heterocycles. The van der Waals surface area contributed by atoms with E-state index >= 15 is 0 Å². The van der Waals surface area contributed by atoms with E-state index in [9.17, 15) is 4.79 Å². The summed E-state index contributed by atoms with van der Waals surface area (Å²) in [5.74, 6) is 0.128. The number of carbonyl (C=O) groups is 1. The van der Waals surface area contributed by atoms with Crippen molar-refractivity contribution >= 4 is 34.5 Å². The average Bonchev–Trinajstić information content (AvgIpc) is 2.79. The van der Waals surface area contributed by atoms with Gasteiger partial charge in [0.05, 0.1) is 24.0 Å². The Hall–Kier alpha value is -2.37. The van der Waals surface area contributed by atoms with Gasteiger partial charge in [-0.05, 0) is 18.9 Å². The minimum atomic E-state index is 0.128. The summed E-state index contributed by atoms with van der Waals surface area (Å²) in [4.78, 5) is 26.5. The molecule has 2 aromatic rings. The van der Waals surface area contributed by atoms with Crippen molar-refractivity contribution in [2.75, 3.05) is 25.5 Å². The van der Waals surface area contributed by atoms with Crippen LogP contribution in [-0.4, -0.2) is 53.3 Å². The molecule has 1 aliphatic heterocycles. The second-order valence-corrected chi connectivity index (χ2v) is 7.31. The van der Waals surface area contributed by atoms with Crippen LogP contribution in [0.5, 0.6) is 0 Å². The summed E-state index contributed by atoms with van der Waals surface area (Å²) >= 11 is 0. The van der Waals surface area contributed by atoms with Crippen LogP contribution in [0, 0.1) is 0 Å². The Kier molecular flexibility index (Phi) is 3.98. The topological polar surface area (TPSA) is 53.7 Å². The Morgan fingerprint density at radius 3 is 2.68 bits per heavy atom. The first-order valence-electron chi connectivity index (χ1n) is 9.05. The number of rotatable bonds is 2. The van der Waals surface area contributed by atoms with Gasteiger partial charge in [-0.15, -0.1) is 0 Å². The van der Waals surface area contributed by atoms with Gasteiger partial charge in [0.25, 0.3) is 0 Å². The van der Waals surface area contributed by atoms with Gasteiger partial charge in [0.15, 0.2) is 0 Å². The molecule has 0 bridgehead atoms. The minimum absolute atomic E-state index is 0.128. The van der Waals surface area contributed by atoms with Crippen LogP contribution in [0.4, 0.5) is 11.4 Å². The molecule has 0 atom stereocenters. The van der Waals surface area contributed by atoms with Crippen LogP contribution in [0.1, 0.15) is 42.6 Å². The quantitative estimate of drug-likeness (QED) is 0.843. The highest BCUT2D eigenvalue weighted by molar-refractivity contribution is 6.13. The molecule has 6 heteroatoms. The van der Waals surface area contributed by atoms with E-state index < -0.39 is 0 Å². The fraction of sp³-hybridized carbons (Fsp3) is 0.526. The molecule has 0 spiro atoms. The van der Waals surface area contributed by atoms with E-state index in [2.05, 4.69) is 9.88 Å². The fourth-order valence-electron chi connectivity index (χ4n) is 4.17. The van der Waals surface area contributed by atoms with E-state index in [1.807, 2.05) is 43.0 Å². The lowest BCUT2D eigenvalue weighted by Crippen LogP contribution is -2.38. The number of aliphatic imine (C=N–C) groups is 1. The first-order valence-corrected chi connectivity index (χ1v) is 9.05. The Balaban J connectivity index is 1.84. The molecule has 1 fully saturated rings. The number of ketones is 1. The predicted octanol–water partition coefficient (Wildman–Crippen LogP) is 3.13. The summed E-state index contributed by atoms with van der Waals surface area (Å²) in [7, 11) is 5.92. The lowest BCUT2D eigenvalue weighted by Gasteiger charge is -2.31. The zero-order valence-electron chi connectivity index (χ0n) is 15.2. The maximum absolute atomic E-state index is 13.0. The first kappa shape index (κ1) is 16.1. The molecular weight excluding hydrogens is 314 g/mol. The van der Waals surface area contributed by atoms with Crippen LogP contribution in [0.25, 0.3) is 11.0 Å². The van der Waals surface area contributed by atoms with E-state index in [4.69, 9.17) is 4.99 Å². The molecule has 0 radical (unpaired) electrons. The Morgan fingerprint density at radius 2 is 1.96 bits per heavy atom. The van der Waals surface area contributed by atoms with Gasteiger partial charge >= 0.3 is 0 Å². The number of hydrogen-bond donors (Lipinski definition) is 0. The van der Waals surface area contributed by atoms with Crippen LogP contribution in [0.15, 0.2) is 17.3 Å². The number of fused-ring (bicyclic) bond motifs is 3. The van der Waals surface area contributed by atoms with Crippen LogP contribution in [0.2, 0.25) is 0 Å². The highest BCUT2D eigenvalue weighted by Gasteiger charge is 2.29. The molecule has 6 nitrogen and oxygen atoms in total. The third-order valence-electron chi connectivity index (χ3n) is 5.47. The van der Waals surface area contributed by atoms with Gasteiger partial charge in [-0.1, -0.05) is 19.3 Å². The number of carbonyl (C=O) groups excluding carboxylic acids is 1. The van der Waals surface area contributed by atoms with Crippen molar-refractivity contribution in [2.45, 2.75) is 38.1 Å². The normalized spacial score (nSPS) is 18.5. The van der Waals surface area contributed by atoms with Crippen LogP contribution < -0.4 is 4.90 Å². The van der Waals surface area contributed by atoms with Gasteiger partial charge in [-0.3, -0.25) is 4.79 Å². The smallest absolute Gasteiger partial charge is 0.200 e. The third kappa shape index (κ3) is 2.60. The summed E-state index contributed by atoms with van der Waals surface area (Å²) in [6.45, 7) is 0.405. The van der Waals surface area contributed by atoms with E-state index in [0.29, 0.717) is 18.3 Å². The van der Waals surface area contributed by atoms with Gasteiger partial charge in [-0.25, -0.2) is 9.98 Å². The summed E-state index contributed by atoms with van der Waals surface area (Å²) in [5, 5.41) is 0.958. The number of hydrogen-bond acceptors (Lipinski definition) is 5. The molecular formula is C19H25N5O. The van der Waals surface area contributed by atoms with Gasteiger partial charge in [0.2, 0.25) is 5.78 Å². The summed E-state index contributed by atoms with van der Waals surface area (Å²) in [5.41, 5.74) is 3.29. The lowest BCUT2D eigenvalue weighted by atomic mass is 9.94. The van der Waals surface area contributed by atoms with Crippen molar-refractivity contribution < 1.29 is 4.79 Å². The molecule has 1 saturated carbocycles. The molecule has 25 heavy (non-hydrogen) atoms. The molecule has 1 aliphatic carbocycles. The molecule has 4 rings (SSSR count). The number of pyridine rings is 1. The Labute approximate surface area is 148 Å². The largest absolute Gasteiger partial charge is 0.377 e. The zero-order chi connectivity index (χ0) is 17.6. The number of aromatic nitrogens is 2. The zero-order valence-corrected chi connectivity index (χ0v) is 15.2. The molecule has 132 valence electrons. The Bertz CT molecular complexity index is 845. The summed E-state index contributed by atoms with van der Waals surface area (Å²) in [6, 6.07) is 2.42. The molecule has 2 aliphatic rings. The van der Waals surface area contributed by atoms with E-state index in [1.54, 1.807) is 6.20 Å². The van der Waals surface area contributed by atoms with E-state index in [0.717, 1.165) is 35.2 Å². The molecule has 3 heterocycles. The lowest BCUT2D eigenvalue weighted by molar-refractivity contribution is 0.0935. The van der Waals surface area contributed by atoms with Gasteiger partial charge in [0.1, 0.15) is 17.0 Å². The third-order valence-corrected chi connectivity index (χ3v) is 5.47. The number of aryl methyl sites for hydroxylation is 1. The standard InChI is InChI=1S/C19H25N5O/c1-22(2)14-9-10-20-19-16(14)17-18(23(19)3)15(25)11-24(12-21-17)13-7-5-4-6-8-13/h9-10,12-13H,4-8,11H2,1-3H3. The van der Waals surface area contributed by atoms with Crippen molar-refractivity contribution in [3.05, 3.63) is 18.0 Å². The Morgan fingerprint density at radius 1 is 1.20 bits per heavy atom. The molecule has 0 unspecified atom stereocenters. The fourth-order valence-corrected chi connectivity index (χ4v) is 4.17. The minimum Gasteiger partial charge on any atom is -0.377 e. The first-order chi connectivity index (χ1) is 12.1. The monoisotopic (exact) mass is 339 g/mol. The predicted molar refractivity (Wildman–Crippen MR) is 101 cm³/mol. The molecule has 0 amide bonds. The molecule has 0 N–H and O–H groups in total. The van der Waals surface area contributed by atoms with Crippen molar-refractivity contribution in [2.24, 2.45) is 12.0 Å². The maximum atomic E-state index is 13.0. The second-order valence-electron chi connectivity index (χ2n) is 7.31. The maximum Gasteiger partial charge on any atom is 0.200 e. The number of nitrogens with zero attached hydrogens (tertiary/aromatic N) is 5. The van der Waals surface area contributed by atoms with Crippen LogP contribution >= 0.6 is 0 Å². The molecule has 0 saturated heterocycles. The number of anilines is 1. The number of Topliss-reactive ketones (excluding diaryl/α,β-unsaturated/α-hetero) is 1. The van der Waals surface area contributed by atoms with Crippen molar-refractivity contribution in [1.29, 1.82) is 0 Å². The van der Waals surface area contributed by atoms with Gasteiger partial charge < -0.3 is 14.4 Å². The van der Waals surface area contributed by atoms with Crippen molar-refractivity contribution in [3.63, 3.8) is 0 Å². The van der Waals surface area contributed by atoms with Crippen LogP contribution in [-0.2, 0) is 7.05 Å². The highest BCUT2D eigenvalue weighted by Crippen LogP contribution is 2.39. The van der Waals surface area contributed by atoms with E-state index in [-0.39, 0.29) is 5.78 Å². The average molecular weight is 339 g/mol.